The zero-order valence-electron chi connectivity index (χ0n) is 17.4. The minimum absolute atomic E-state index is 0.0744. The molecule has 1 N–H and O–H groups in total. The highest BCUT2D eigenvalue weighted by Crippen LogP contribution is 2.38. The molecule has 29 heavy (non-hydrogen) atoms. The summed E-state index contributed by atoms with van der Waals surface area (Å²) in [7, 11) is 4.76. The van der Waals surface area contributed by atoms with Crippen molar-refractivity contribution in [1.29, 1.82) is 0 Å². The Bertz CT molecular complexity index is 785. The quantitative estimate of drug-likeness (QED) is 0.704. The molecule has 1 saturated heterocycles. The lowest BCUT2D eigenvalue weighted by atomic mass is 10.1. The highest BCUT2D eigenvalue weighted by molar-refractivity contribution is 5.76. The van der Waals surface area contributed by atoms with Crippen LogP contribution in [-0.4, -0.2) is 51.3 Å². The third-order valence-electron chi connectivity index (χ3n) is 5.25. The van der Waals surface area contributed by atoms with Gasteiger partial charge in [0.05, 0.1) is 21.3 Å². The number of hydrogen-bond donors (Lipinski definition) is 1. The molecule has 6 nitrogen and oxygen atoms in total. The van der Waals surface area contributed by atoms with Gasteiger partial charge in [0.1, 0.15) is 0 Å². The molecule has 6 heteroatoms. The van der Waals surface area contributed by atoms with E-state index in [1.54, 1.807) is 21.3 Å². The van der Waals surface area contributed by atoms with Crippen LogP contribution in [0, 0.1) is 0 Å². The molecule has 0 aromatic heterocycles. The molecule has 0 unspecified atom stereocenters. The zero-order valence-corrected chi connectivity index (χ0v) is 17.4. The minimum Gasteiger partial charge on any atom is -0.493 e. The number of likely N-dealkylation sites (tertiary alicyclic amines) is 1. The van der Waals surface area contributed by atoms with E-state index in [0.717, 1.165) is 31.6 Å². The zero-order chi connectivity index (χ0) is 20.6. The van der Waals surface area contributed by atoms with Crippen LogP contribution in [0.5, 0.6) is 17.2 Å². The van der Waals surface area contributed by atoms with Crippen molar-refractivity contribution in [3.63, 3.8) is 0 Å². The first kappa shape index (κ1) is 21.0. The van der Waals surface area contributed by atoms with Crippen molar-refractivity contribution in [1.82, 2.24) is 10.2 Å². The highest BCUT2D eigenvalue weighted by Gasteiger charge is 2.23. The third kappa shape index (κ3) is 5.64. The average Bonchev–Trinajstić information content (AvgIpc) is 3.18. The molecule has 1 fully saturated rings. The number of rotatable bonds is 9. The summed E-state index contributed by atoms with van der Waals surface area (Å²) >= 11 is 0. The molecule has 1 aliphatic rings. The Kier molecular flexibility index (Phi) is 7.36. The lowest BCUT2D eigenvalue weighted by molar-refractivity contribution is -0.121. The van der Waals surface area contributed by atoms with Gasteiger partial charge < -0.3 is 19.5 Å². The second kappa shape index (κ2) is 10.2. The molecule has 0 aliphatic carbocycles. The molecule has 1 aliphatic heterocycles. The van der Waals surface area contributed by atoms with Crippen molar-refractivity contribution in [3.8, 4) is 17.2 Å². The van der Waals surface area contributed by atoms with Crippen LogP contribution in [-0.2, 0) is 17.8 Å². The fraction of sp³-hybridized carbons (Fsp3) is 0.435. The van der Waals surface area contributed by atoms with Crippen molar-refractivity contribution >= 4 is 5.91 Å². The van der Waals surface area contributed by atoms with E-state index < -0.39 is 0 Å². The summed E-state index contributed by atoms with van der Waals surface area (Å²) in [5.74, 6) is 1.85. The largest absolute Gasteiger partial charge is 0.493 e. The van der Waals surface area contributed by atoms with Crippen molar-refractivity contribution in [3.05, 3.63) is 53.6 Å². The lowest BCUT2D eigenvalue weighted by Crippen LogP contribution is -2.37. The van der Waals surface area contributed by atoms with Gasteiger partial charge in [-0.05, 0) is 36.1 Å². The van der Waals surface area contributed by atoms with Gasteiger partial charge in [0, 0.05) is 32.1 Å². The number of methoxy groups -OCH3 is 3. The van der Waals surface area contributed by atoms with Gasteiger partial charge in [-0.3, -0.25) is 9.69 Å². The van der Waals surface area contributed by atoms with E-state index in [-0.39, 0.29) is 11.9 Å². The van der Waals surface area contributed by atoms with Crippen LogP contribution in [0.4, 0.5) is 0 Å². The van der Waals surface area contributed by atoms with E-state index in [1.807, 2.05) is 18.2 Å². The van der Waals surface area contributed by atoms with E-state index in [4.69, 9.17) is 14.2 Å². The first-order chi connectivity index (χ1) is 14.1. The van der Waals surface area contributed by atoms with Gasteiger partial charge in [-0.25, -0.2) is 0 Å². The second-order valence-electron chi connectivity index (χ2n) is 7.31. The SMILES string of the molecule is COc1cc(CCC(=O)N[C@H]2CCN(Cc3ccccc3)C2)cc(OC)c1OC. The Morgan fingerprint density at radius 2 is 1.72 bits per heavy atom. The van der Waals surface area contributed by atoms with Gasteiger partial charge in [0.15, 0.2) is 11.5 Å². The normalized spacial score (nSPS) is 16.4. The number of benzene rings is 2. The van der Waals surface area contributed by atoms with Crippen LogP contribution in [0.1, 0.15) is 24.0 Å². The fourth-order valence-corrected chi connectivity index (χ4v) is 3.77. The Labute approximate surface area is 172 Å². The van der Waals surface area contributed by atoms with Crippen LogP contribution in [0.3, 0.4) is 0 Å². The third-order valence-corrected chi connectivity index (χ3v) is 5.25. The molecular formula is C23H30N2O4. The molecule has 2 aromatic rings. The van der Waals surface area contributed by atoms with Crippen LogP contribution in [0.25, 0.3) is 0 Å². The van der Waals surface area contributed by atoms with Gasteiger partial charge in [0.25, 0.3) is 0 Å². The first-order valence-electron chi connectivity index (χ1n) is 9.97. The van der Waals surface area contributed by atoms with Crippen molar-refractivity contribution < 1.29 is 19.0 Å². The van der Waals surface area contributed by atoms with Crippen molar-refractivity contribution in [2.45, 2.75) is 31.8 Å². The summed E-state index contributed by atoms with van der Waals surface area (Å²) < 4.78 is 16.1. The number of ether oxygens (including phenoxy) is 3. The number of amides is 1. The summed E-state index contributed by atoms with van der Waals surface area (Å²) in [6, 6.07) is 14.4. The number of aryl methyl sites for hydroxylation is 1. The molecule has 3 rings (SSSR count). The summed E-state index contributed by atoms with van der Waals surface area (Å²) in [6.07, 6.45) is 2.03. The molecule has 0 bridgehead atoms. The van der Waals surface area contributed by atoms with Crippen molar-refractivity contribution in [2.24, 2.45) is 0 Å². The number of carbonyl (C=O) groups excluding carboxylic acids is 1. The molecular weight excluding hydrogens is 368 g/mol. The van der Waals surface area contributed by atoms with E-state index in [0.29, 0.717) is 30.1 Å². The second-order valence-corrected chi connectivity index (χ2v) is 7.31. The van der Waals surface area contributed by atoms with Crippen LogP contribution in [0.15, 0.2) is 42.5 Å². The van der Waals surface area contributed by atoms with E-state index in [1.165, 1.54) is 5.56 Å². The molecule has 0 spiro atoms. The first-order valence-corrected chi connectivity index (χ1v) is 9.97. The molecule has 0 saturated carbocycles. The van der Waals surface area contributed by atoms with Crippen LogP contribution >= 0.6 is 0 Å². The summed E-state index contributed by atoms with van der Waals surface area (Å²) in [5.41, 5.74) is 2.29. The monoisotopic (exact) mass is 398 g/mol. The van der Waals surface area contributed by atoms with E-state index in [2.05, 4.69) is 34.5 Å². The maximum absolute atomic E-state index is 12.5. The van der Waals surface area contributed by atoms with Crippen molar-refractivity contribution in [2.75, 3.05) is 34.4 Å². The molecule has 156 valence electrons. The molecule has 1 heterocycles. The summed E-state index contributed by atoms with van der Waals surface area (Å²) in [4.78, 5) is 14.8. The predicted octanol–water partition coefficient (Wildman–Crippen LogP) is 3.04. The molecule has 1 atom stereocenters. The van der Waals surface area contributed by atoms with E-state index >= 15 is 0 Å². The molecule has 2 aromatic carbocycles. The standard InChI is InChI=1S/C23H30N2O4/c1-27-20-13-18(14-21(28-2)23(20)29-3)9-10-22(26)24-19-11-12-25(16-19)15-17-7-5-4-6-8-17/h4-8,13-14,19H,9-12,15-16H2,1-3H3,(H,24,26)/t19-/m0/s1. The van der Waals surface area contributed by atoms with Gasteiger partial charge in [-0.1, -0.05) is 30.3 Å². The number of hydrogen-bond acceptors (Lipinski definition) is 5. The minimum atomic E-state index is 0.0744. The van der Waals surface area contributed by atoms with Crippen LogP contribution in [0.2, 0.25) is 0 Å². The fourth-order valence-electron chi connectivity index (χ4n) is 3.77. The van der Waals surface area contributed by atoms with E-state index in [9.17, 15) is 4.79 Å². The topological polar surface area (TPSA) is 60.0 Å². The Hall–Kier alpha value is -2.73. The number of carbonyl (C=O) groups is 1. The van der Waals surface area contributed by atoms with Gasteiger partial charge >= 0.3 is 0 Å². The van der Waals surface area contributed by atoms with Crippen LogP contribution < -0.4 is 19.5 Å². The van der Waals surface area contributed by atoms with Gasteiger partial charge in [-0.15, -0.1) is 0 Å². The Morgan fingerprint density at radius 3 is 2.34 bits per heavy atom. The summed E-state index contributed by atoms with van der Waals surface area (Å²) in [6.45, 7) is 2.83. The molecule has 1 amide bonds. The Balaban J connectivity index is 1.49. The summed E-state index contributed by atoms with van der Waals surface area (Å²) in [5, 5.41) is 3.18. The molecule has 0 radical (unpaired) electrons. The van der Waals surface area contributed by atoms with Gasteiger partial charge in [-0.2, -0.15) is 0 Å². The number of nitrogens with zero attached hydrogens (tertiary/aromatic N) is 1. The maximum atomic E-state index is 12.5. The number of nitrogens with one attached hydrogen (secondary N) is 1. The smallest absolute Gasteiger partial charge is 0.220 e. The predicted molar refractivity (Wildman–Crippen MR) is 113 cm³/mol. The highest BCUT2D eigenvalue weighted by atomic mass is 16.5. The Morgan fingerprint density at radius 1 is 1.03 bits per heavy atom. The lowest BCUT2D eigenvalue weighted by Gasteiger charge is -2.17. The maximum Gasteiger partial charge on any atom is 0.220 e. The average molecular weight is 399 g/mol. The van der Waals surface area contributed by atoms with Gasteiger partial charge in [0.2, 0.25) is 11.7 Å².